The van der Waals surface area contributed by atoms with Gasteiger partial charge in [-0.2, -0.15) is 5.26 Å². The highest BCUT2D eigenvalue weighted by molar-refractivity contribution is 6.10. The first-order chi connectivity index (χ1) is 12.4. The highest BCUT2D eigenvalue weighted by Gasteiger charge is 2.46. The summed E-state index contributed by atoms with van der Waals surface area (Å²) < 4.78 is 0. The number of hydrogen-bond donors (Lipinski definition) is 1. The summed E-state index contributed by atoms with van der Waals surface area (Å²) in [6, 6.07) is 8.30. The number of carbonyl (C=O) groups is 3. The SMILES string of the molecule is CN(C)C(=O)c1ccc(NC(=O)[C@@H](C#N)C(=O)[C@@H]2C[C@H]3CC[C@H]2C3)cc1. The normalized spacial score (nSPS) is 24.6. The molecule has 6 heteroatoms. The summed E-state index contributed by atoms with van der Waals surface area (Å²) in [5.74, 6) is -1.47. The van der Waals surface area contributed by atoms with Gasteiger partial charge in [-0.05, 0) is 55.4 Å². The third kappa shape index (κ3) is 3.48. The zero-order valence-corrected chi connectivity index (χ0v) is 15.1. The number of nitrogens with one attached hydrogen (secondary N) is 1. The number of Topliss-reactive ketones (excluding diaryl/α,β-unsaturated/α-hetero) is 1. The Morgan fingerprint density at radius 3 is 2.35 bits per heavy atom. The first-order valence-corrected chi connectivity index (χ1v) is 8.96. The van der Waals surface area contributed by atoms with Crippen molar-refractivity contribution >= 4 is 23.3 Å². The maximum Gasteiger partial charge on any atom is 0.253 e. The first-order valence-electron chi connectivity index (χ1n) is 8.96. The van der Waals surface area contributed by atoms with Crippen LogP contribution in [0.2, 0.25) is 0 Å². The monoisotopic (exact) mass is 353 g/mol. The number of benzene rings is 1. The van der Waals surface area contributed by atoms with Crippen LogP contribution in [-0.4, -0.2) is 36.6 Å². The fourth-order valence-corrected chi connectivity index (χ4v) is 4.23. The minimum Gasteiger partial charge on any atom is -0.345 e. The Morgan fingerprint density at radius 1 is 1.15 bits per heavy atom. The van der Waals surface area contributed by atoms with Gasteiger partial charge in [-0.3, -0.25) is 14.4 Å². The van der Waals surface area contributed by atoms with Crippen molar-refractivity contribution in [3.63, 3.8) is 0 Å². The summed E-state index contributed by atoms with van der Waals surface area (Å²) in [5, 5.41) is 12.0. The van der Waals surface area contributed by atoms with Gasteiger partial charge >= 0.3 is 0 Å². The number of ketones is 1. The molecule has 0 spiro atoms. The number of carbonyl (C=O) groups excluding carboxylic acids is 3. The quantitative estimate of drug-likeness (QED) is 0.823. The van der Waals surface area contributed by atoms with E-state index in [1.165, 1.54) is 4.90 Å². The number of amides is 2. The van der Waals surface area contributed by atoms with Crippen LogP contribution in [0.5, 0.6) is 0 Å². The molecule has 2 saturated carbocycles. The molecule has 1 aromatic carbocycles. The second kappa shape index (κ2) is 7.28. The van der Waals surface area contributed by atoms with Crippen LogP contribution in [0.25, 0.3) is 0 Å². The van der Waals surface area contributed by atoms with Gasteiger partial charge in [0.2, 0.25) is 5.91 Å². The van der Waals surface area contributed by atoms with Crippen LogP contribution < -0.4 is 5.32 Å². The molecule has 0 aromatic heterocycles. The van der Waals surface area contributed by atoms with E-state index in [2.05, 4.69) is 5.32 Å². The van der Waals surface area contributed by atoms with Crippen LogP contribution >= 0.6 is 0 Å². The van der Waals surface area contributed by atoms with Gasteiger partial charge in [0, 0.05) is 31.3 Å². The molecule has 2 bridgehead atoms. The fourth-order valence-electron chi connectivity index (χ4n) is 4.23. The molecule has 2 aliphatic rings. The predicted octanol–water partition coefficient (Wildman–Crippen LogP) is 2.47. The minimum atomic E-state index is -1.28. The van der Waals surface area contributed by atoms with Crippen molar-refractivity contribution in [2.45, 2.75) is 25.7 Å². The summed E-state index contributed by atoms with van der Waals surface area (Å²) in [6.45, 7) is 0. The van der Waals surface area contributed by atoms with E-state index in [4.69, 9.17) is 0 Å². The van der Waals surface area contributed by atoms with Crippen molar-refractivity contribution in [2.24, 2.45) is 23.7 Å². The average molecular weight is 353 g/mol. The molecule has 2 fully saturated rings. The van der Waals surface area contributed by atoms with Gasteiger partial charge in [0.25, 0.3) is 5.91 Å². The molecule has 0 heterocycles. The zero-order valence-electron chi connectivity index (χ0n) is 15.1. The van der Waals surface area contributed by atoms with Gasteiger partial charge in [0.05, 0.1) is 6.07 Å². The van der Waals surface area contributed by atoms with E-state index in [0.717, 1.165) is 25.7 Å². The molecule has 26 heavy (non-hydrogen) atoms. The van der Waals surface area contributed by atoms with Crippen LogP contribution in [-0.2, 0) is 9.59 Å². The second-order valence-corrected chi connectivity index (χ2v) is 7.51. The molecule has 136 valence electrons. The number of hydrogen-bond acceptors (Lipinski definition) is 4. The molecule has 1 N–H and O–H groups in total. The third-order valence-electron chi connectivity index (χ3n) is 5.58. The molecule has 0 aliphatic heterocycles. The van der Waals surface area contributed by atoms with Gasteiger partial charge in [-0.25, -0.2) is 0 Å². The van der Waals surface area contributed by atoms with E-state index in [9.17, 15) is 19.6 Å². The molecule has 2 amide bonds. The van der Waals surface area contributed by atoms with E-state index in [1.54, 1.807) is 38.4 Å². The second-order valence-electron chi connectivity index (χ2n) is 7.51. The molecular weight excluding hydrogens is 330 g/mol. The zero-order chi connectivity index (χ0) is 18.8. The number of fused-ring (bicyclic) bond motifs is 2. The van der Waals surface area contributed by atoms with Crippen LogP contribution in [0, 0.1) is 35.0 Å². The maximum atomic E-state index is 12.7. The van der Waals surface area contributed by atoms with Crippen molar-refractivity contribution in [1.29, 1.82) is 5.26 Å². The highest BCUT2D eigenvalue weighted by atomic mass is 16.2. The molecule has 1 aromatic rings. The summed E-state index contributed by atoms with van der Waals surface area (Å²) in [5.41, 5.74) is 0.967. The summed E-state index contributed by atoms with van der Waals surface area (Å²) >= 11 is 0. The molecule has 6 nitrogen and oxygen atoms in total. The molecule has 0 radical (unpaired) electrons. The van der Waals surface area contributed by atoms with Gasteiger partial charge in [0.15, 0.2) is 11.7 Å². The maximum absolute atomic E-state index is 12.7. The molecule has 0 unspecified atom stereocenters. The van der Waals surface area contributed by atoms with Crippen molar-refractivity contribution in [3.8, 4) is 6.07 Å². The lowest BCUT2D eigenvalue weighted by molar-refractivity contribution is -0.132. The highest BCUT2D eigenvalue weighted by Crippen LogP contribution is 2.49. The van der Waals surface area contributed by atoms with E-state index in [1.807, 2.05) is 6.07 Å². The van der Waals surface area contributed by atoms with E-state index in [-0.39, 0.29) is 17.6 Å². The number of anilines is 1. The van der Waals surface area contributed by atoms with E-state index in [0.29, 0.717) is 23.1 Å². The molecule has 3 rings (SSSR count). The Hall–Kier alpha value is -2.68. The first kappa shape index (κ1) is 18.1. The molecule has 0 saturated heterocycles. The Balaban J connectivity index is 1.65. The molecule has 2 aliphatic carbocycles. The van der Waals surface area contributed by atoms with Crippen molar-refractivity contribution in [3.05, 3.63) is 29.8 Å². The number of rotatable bonds is 5. The lowest BCUT2D eigenvalue weighted by Gasteiger charge is -2.22. The van der Waals surface area contributed by atoms with E-state index < -0.39 is 11.8 Å². The van der Waals surface area contributed by atoms with Crippen LogP contribution in [0.4, 0.5) is 5.69 Å². The van der Waals surface area contributed by atoms with Gasteiger partial charge in [0.1, 0.15) is 0 Å². The van der Waals surface area contributed by atoms with Gasteiger partial charge in [-0.1, -0.05) is 6.42 Å². The lowest BCUT2D eigenvalue weighted by atomic mass is 9.81. The Kier molecular flexibility index (Phi) is 5.08. The topological polar surface area (TPSA) is 90.3 Å². The Bertz CT molecular complexity index is 764. The van der Waals surface area contributed by atoms with E-state index >= 15 is 0 Å². The summed E-state index contributed by atoms with van der Waals surface area (Å²) in [4.78, 5) is 38.5. The molecule has 4 atom stereocenters. The van der Waals surface area contributed by atoms with Crippen molar-refractivity contribution in [1.82, 2.24) is 4.90 Å². The van der Waals surface area contributed by atoms with Crippen LogP contribution in [0.15, 0.2) is 24.3 Å². The third-order valence-corrected chi connectivity index (χ3v) is 5.58. The Labute approximate surface area is 153 Å². The predicted molar refractivity (Wildman–Crippen MR) is 96.1 cm³/mol. The Morgan fingerprint density at radius 2 is 1.85 bits per heavy atom. The summed E-state index contributed by atoms with van der Waals surface area (Å²) in [6.07, 6.45) is 4.06. The van der Waals surface area contributed by atoms with Crippen molar-refractivity contribution < 1.29 is 14.4 Å². The van der Waals surface area contributed by atoms with Crippen molar-refractivity contribution in [2.75, 3.05) is 19.4 Å². The fraction of sp³-hybridized carbons (Fsp3) is 0.500. The molecular formula is C20H23N3O3. The van der Waals surface area contributed by atoms with Crippen LogP contribution in [0.1, 0.15) is 36.0 Å². The standard InChI is InChI=1S/C20H23N3O3/c1-23(2)20(26)13-5-7-15(8-6-13)22-19(25)17(11-21)18(24)16-10-12-3-4-14(16)9-12/h5-8,12,14,16-17H,3-4,9-10H2,1-2H3,(H,22,25)/t12-,14-,16+,17-/m0/s1. The number of nitriles is 1. The van der Waals surface area contributed by atoms with Gasteiger partial charge < -0.3 is 10.2 Å². The smallest absolute Gasteiger partial charge is 0.253 e. The summed E-state index contributed by atoms with van der Waals surface area (Å²) in [7, 11) is 3.33. The average Bonchev–Trinajstić information content (AvgIpc) is 3.25. The minimum absolute atomic E-state index is 0.135. The largest absolute Gasteiger partial charge is 0.345 e. The van der Waals surface area contributed by atoms with Crippen LogP contribution in [0.3, 0.4) is 0 Å². The van der Waals surface area contributed by atoms with Gasteiger partial charge in [-0.15, -0.1) is 0 Å². The number of nitrogens with zero attached hydrogens (tertiary/aromatic N) is 2. The lowest BCUT2D eigenvalue weighted by Crippen LogP contribution is -2.35.